The van der Waals surface area contributed by atoms with Crippen LogP contribution in [0.1, 0.15) is 16.8 Å². The van der Waals surface area contributed by atoms with Gasteiger partial charge in [-0.25, -0.2) is 0 Å². The van der Waals surface area contributed by atoms with Crippen LogP contribution < -0.4 is 0 Å². The molecule has 0 radical (unpaired) electrons. The Balaban J connectivity index is 3.84. The monoisotopic (exact) mass is 388 g/mol. The molecule has 0 aliphatic carbocycles. The molecular weight excluding hydrogens is 384 g/mol. The summed E-state index contributed by atoms with van der Waals surface area (Å²) in [6.45, 7) is 0. The van der Waals surface area contributed by atoms with Crippen molar-refractivity contribution in [2.75, 3.05) is 0 Å². The van der Waals surface area contributed by atoms with Crippen LogP contribution >= 0.6 is 15.9 Å². The summed E-state index contributed by atoms with van der Waals surface area (Å²) in [5, 5.41) is 10.8. The van der Waals surface area contributed by atoms with Crippen molar-refractivity contribution in [3.8, 4) is 0 Å². The lowest BCUT2D eigenvalue weighted by Gasteiger charge is -2.22. The van der Waals surface area contributed by atoms with E-state index < -0.39 is 39.7 Å². The quantitative estimate of drug-likeness (QED) is 0.350. The normalized spacial score (nSPS) is 14.7. The van der Waals surface area contributed by atoms with E-state index in [0.29, 0.717) is 4.57 Å². The van der Waals surface area contributed by atoms with Crippen molar-refractivity contribution in [1.82, 2.24) is 4.57 Å². The average molecular weight is 389 g/mol. The minimum atomic E-state index is -6.26. The zero-order valence-electron chi connectivity index (χ0n) is 9.82. The first kappa shape index (κ1) is 17.7. The zero-order chi connectivity index (χ0) is 16.8. The number of halogens is 9. The van der Waals surface area contributed by atoms with E-state index in [1.165, 1.54) is 0 Å². The maximum Gasteiger partial charge on any atom is 0.458 e. The van der Waals surface area contributed by atoms with Gasteiger partial charge in [0.25, 0.3) is 0 Å². The molecule has 120 valence electrons. The van der Waals surface area contributed by atoms with Gasteiger partial charge in [0.1, 0.15) is 0 Å². The highest BCUT2D eigenvalue weighted by atomic mass is 79.9. The molecule has 12 heteroatoms. The van der Waals surface area contributed by atoms with Crippen LogP contribution in [-0.2, 0) is 19.1 Å². The van der Waals surface area contributed by atoms with Gasteiger partial charge in [-0.05, 0) is 15.9 Å². The first-order valence-corrected chi connectivity index (χ1v) is 5.64. The van der Waals surface area contributed by atoms with E-state index in [9.17, 15) is 35.1 Å². The third-order valence-corrected chi connectivity index (χ3v) is 2.97. The van der Waals surface area contributed by atoms with Crippen molar-refractivity contribution >= 4 is 20.6 Å². The summed E-state index contributed by atoms with van der Waals surface area (Å²) in [5.74, 6) is -5.79. The maximum absolute atomic E-state index is 13.4. The van der Waals surface area contributed by atoms with Gasteiger partial charge < -0.3 is 9.77 Å². The Bertz CT molecular complexity index is 572. The predicted molar refractivity (Wildman–Crippen MR) is 57.6 cm³/mol. The number of nitrogens with zero attached hydrogens (tertiary/aromatic N) is 2. The van der Waals surface area contributed by atoms with E-state index in [2.05, 4.69) is 21.1 Å². The van der Waals surface area contributed by atoms with Crippen molar-refractivity contribution < 1.29 is 40.3 Å². The van der Waals surface area contributed by atoms with Gasteiger partial charge >= 0.3 is 18.3 Å². The van der Waals surface area contributed by atoms with E-state index in [0.717, 1.165) is 7.05 Å². The first-order valence-electron chi connectivity index (χ1n) is 4.84. The van der Waals surface area contributed by atoms with Crippen LogP contribution in [0.2, 0.25) is 0 Å². The summed E-state index contributed by atoms with van der Waals surface area (Å²) in [7, 11) is 0.799. The second kappa shape index (κ2) is 5.14. The fraction of sp³-hybridized carbons (Fsp3) is 0.444. The van der Waals surface area contributed by atoms with Gasteiger partial charge in [-0.1, -0.05) is 5.16 Å². The van der Waals surface area contributed by atoms with Crippen molar-refractivity contribution in [3.63, 3.8) is 0 Å². The van der Waals surface area contributed by atoms with Crippen LogP contribution in [-0.4, -0.2) is 20.6 Å². The van der Waals surface area contributed by atoms with E-state index >= 15 is 0 Å². The Morgan fingerprint density at radius 1 is 1.14 bits per heavy atom. The Hall–Kier alpha value is -1.33. The van der Waals surface area contributed by atoms with Gasteiger partial charge in [-0.3, -0.25) is 0 Å². The van der Waals surface area contributed by atoms with E-state index in [1.807, 2.05) is 0 Å². The standard InChI is InChI=1S/C9H5BrF8N2O/c1-20-2-3(8(13,14)15)4(5(20)6(10)19-21)7(11,12)9(16,17)18/h2,21H,1H3. The van der Waals surface area contributed by atoms with Crippen LogP contribution in [0.25, 0.3) is 0 Å². The molecule has 0 spiro atoms. The van der Waals surface area contributed by atoms with Crippen LogP contribution in [0.5, 0.6) is 0 Å². The van der Waals surface area contributed by atoms with Gasteiger partial charge in [0, 0.05) is 13.2 Å². The fourth-order valence-corrected chi connectivity index (χ4v) is 2.08. The van der Waals surface area contributed by atoms with Crippen LogP contribution in [0, 0.1) is 0 Å². The molecule has 0 unspecified atom stereocenters. The summed E-state index contributed by atoms with van der Waals surface area (Å²) in [6, 6.07) is 0. The molecule has 0 atom stereocenters. The molecule has 21 heavy (non-hydrogen) atoms. The number of hydrogen-bond donors (Lipinski definition) is 1. The second-order valence-corrected chi connectivity index (χ2v) is 4.59. The van der Waals surface area contributed by atoms with Crippen molar-refractivity contribution in [2.45, 2.75) is 18.3 Å². The number of aryl methyl sites for hydroxylation is 1. The smallest absolute Gasteiger partial charge is 0.410 e. The summed E-state index contributed by atoms with van der Waals surface area (Å²) in [5.41, 5.74) is -5.76. The Morgan fingerprint density at radius 2 is 1.62 bits per heavy atom. The van der Waals surface area contributed by atoms with E-state index in [-0.39, 0.29) is 6.20 Å². The minimum Gasteiger partial charge on any atom is -0.410 e. The largest absolute Gasteiger partial charge is 0.458 e. The first-order chi connectivity index (χ1) is 9.25. The van der Waals surface area contributed by atoms with Crippen molar-refractivity contribution in [1.29, 1.82) is 0 Å². The molecule has 1 N–H and O–H groups in total. The summed E-state index contributed by atoms with van der Waals surface area (Å²) in [4.78, 5) is 0. The van der Waals surface area contributed by atoms with Gasteiger partial charge in [0.05, 0.1) is 16.8 Å². The molecule has 0 saturated carbocycles. The Labute approximate surface area is 120 Å². The Morgan fingerprint density at radius 3 is 1.95 bits per heavy atom. The number of rotatable bonds is 2. The zero-order valence-corrected chi connectivity index (χ0v) is 11.4. The molecule has 0 saturated heterocycles. The number of alkyl halides is 8. The molecule has 1 aromatic rings. The van der Waals surface area contributed by atoms with Gasteiger partial charge in [-0.2, -0.15) is 35.1 Å². The van der Waals surface area contributed by atoms with Gasteiger partial charge in [0.15, 0.2) is 4.62 Å². The molecule has 0 aliphatic heterocycles. The molecule has 1 rings (SSSR count). The molecule has 1 heterocycles. The second-order valence-electron chi connectivity index (χ2n) is 3.84. The molecular formula is C9H5BrF8N2O. The molecule has 0 bridgehead atoms. The molecule has 0 fully saturated rings. The highest BCUT2D eigenvalue weighted by molar-refractivity contribution is 9.18. The molecule has 1 aromatic heterocycles. The fourth-order valence-electron chi connectivity index (χ4n) is 1.60. The van der Waals surface area contributed by atoms with Crippen molar-refractivity contribution in [2.24, 2.45) is 12.2 Å². The predicted octanol–water partition coefficient (Wildman–Crippen LogP) is 4.23. The van der Waals surface area contributed by atoms with Crippen LogP contribution in [0.4, 0.5) is 35.1 Å². The summed E-state index contributed by atoms with van der Waals surface area (Å²) in [6.07, 6.45) is -11.7. The molecule has 0 amide bonds. The lowest BCUT2D eigenvalue weighted by atomic mass is 10.0. The lowest BCUT2D eigenvalue weighted by molar-refractivity contribution is -0.291. The summed E-state index contributed by atoms with van der Waals surface area (Å²) >= 11 is 2.34. The highest BCUT2D eigenvalue weighted by Crippen LogP contribution is 2.50. The number of oxime groups is 1. The molecule has 0 aliphatic rings. The van der Waals surface area contributed by atoms with E-state index in [1.54, 1.807) is 0 Å². The number of aromatic nitrogens is 1. The third kappa shape index (κ3) is 2.99. The Kier molecular flexibility index (Phi) is 4.34. The van der Waals surface area contributed by atoms with E-state index in [4.69, 9.17) is 5.21 Å². The van der Waals surface area contributed by atoms with Crippen LogP contribution in [0.3, 0.4) is 0 Å². The van der Waals surface area contributed by atoms with Crippen LogP contribution in [0.15, 0.2) is 11.4 Å². The molecule has 3 nitrogen and oxygen atoms in total. The topological polar surface area (TPSA) is 37.5 Å². The average Bonchev–Trinajstić information content (AvgIpc) is 2.64. The highest BCUT2D eigenvalue weighted by Gasteiger charge is 2.63. The van der Waals surface area contributed by atoms with Gasteiger partial charge in [-0.15, -0.1) is 0 Å². The van der Waals surface area contributed by atoms with Gasteiger partial charge in [0.2, 0.25) is 0 Å². The SMILES string of the molecule is Cn1cc(C(F)(F)F)c(C(F)(F)C(F)(F)F)c1C(Br)=NO. The molecule has 0 aromatic carbocycles. The lowest BCUT2D eigenvalue weighted by Crippen LogP contribution is -2.36. The number of hydrogen-bond acceptors (Lipinski definition) is 2. The minimum absolute atomic E-state index is 0.0523. The third-order valence-electron chi connectivity index (χ3n) is 2.44. The maximum atomic E-state index is 13.4. The van der Waals surface area contributed by atoms with Crippen molar-refractivity contribution in [3.05, 3.63) is 23.0 Å². The summed E-state index contributed by atoms with van der Waals surface area (Å²) < 4.78 is 101.